The number of rotatable bonds is 1. The van der Waals surface area contributed by atoms with Crippen LogP contribution in [0.4, 0.5) is 0 Å². The molecule has 0 amide bonds. The lowest BCUT2D eigenvalue weighted by Gasteiger charge is -2.09. The third-order valence-electron chi connectivity index (χ3n) is 4.73. The van der Waals surface area contributed by atoms with E-state index >= 15 is 0 Å². The molecular weight excluding hydrogens is 336 g/mol. The van der Waals surface area contributed by atoms with Crippen LogP contribution in [0.25, 0.3) is 21.9 Å². The van der Waals surface area contributed by atoms with Gasteiger partial charge < -0.3 is 0 Å². The zero-order chi connectivity index (χ0) is 20.5. The van der Waals surface area contributed by atoms with Crippen LogP contribution in [0.3, 0.4) is 0 Å². The standard InChI is InChI=1S/C15H16.C11H10.C2H6/c1-11-8-9-13(3)15(10-11)14-7-5-4-6-12(14)2;1-9-6-7-10-4-2-3-5-11(10)8-9;1-2/h4-10H,1-3H3;2-8H,1H3;1-2H3. The van der Waals surface area contributed by atoms with Gasteiger partial charge in [0.2, 0.25) is 0 Å². The summed E-state index contributed by atoms with van der Waals surface area (Å²) in [6, 6.07) is 30.1. The average Bonchev–Trinajstić information content (AvgIpc) is 2.72. The molecule has 4 aromatic carbocycles. The SMILES string of the molecule is CC.Cc1ccc(C)c(-c2ccccc2C)c1.Cc1ccc2ccccc2c1. The van der Waals surface area contributed by atoms with Crippen LogP contribution in [0.15, 0.2) is 84.9 Å². The van der Waals surface area contributed by atoms with Crippen LogP contribution in [0.5, 0.6) is 0 Å². The minimum absolute atomic E-state index is 1.32. The van der Waals surface area contributed by atoms with Crippen molar-refractivity contribution in [3.05, 3.63) is 107 Å². The first-order chi connectivity index (χ1) is 13.5. The Morgan fingerprint density at radius 1 is 0.429 bits per heavy atom. The molecule has 0 aromatic heterocycles. The Morgan fingerprint density at radius 3 is 1.68 bits per heavy atom. The van der Waals surface area contributed by atoms with Gasteiger partial charge in [-0.15, -0.1) is 0 Å². The first-order valence-electron chi connectivity index (χ1n) is 10.1. The first kappa shape index (κ1) is 21.4. The number of hydrogen-bond donors (Lipinski definition) is 0. The Morgan fingerprint density at radius 2 is 0.964 bits per heavy atom. The molecule has 4 aromatic rings. The topological polar surface area (TPSA) is 0 Å². The van der Waals surface area contributed by atoms with E-state index in [0.29, 0.717) is 0 Å². The number of fused-ring (bicyclic) bond motifs is 1. The zero-order valence-electron chi connectivity index (χ0n) is 18.1. The molecule has 0 aliphatic heterocycles. The Balaban J connectivity index is 0.000000191. The van der Waals surface area contributed by atoms with E-state index in [2.05, 4.69) is 113 Å². The normalized spacial score (nSPS) is 9.79. The van der Waals surface area contributed by atoms with Gasteiger partial charge in [0, 0.05) is 0 Å². The molecule has 0 aliphatic carbocycles. The van der Waals surface area contributed by atoms with Crippen molar-refractivity contribution in [1.29, 1.82) is 0 Å². The fraction of sp³-hybridized carbons (Fsp3) is 0.214. The fourth-order valence-electron chi connectivity index (χ4n) is 3.21. The molecule has 0 fully saturated rings. The van der Waals surface area contributed by atoms with Gasteiger partial charge in [-0.05, 0) is 60.7 Å². The Kier molecular flexibility index (Phi) is 8.02. The highest BCUT2D eigenvalue weighted by Crippen LogP contribution is 2.27. The summed E-state index contributed by atoms with van der Waals surface area (Å²) in [5.74, 6) is 0. The summed E-state index contributed by atoms with van der Waals surface area (Å²) in [6.45, 7) is 12.6. The lowest BCUT2D eigenvalue weighted by molar-refractivity contribution is 1.37. The molecule has 4 rings (SSSR count). The Bertz CT molecular complexity index is 1020. The molecule has 0 saturated carbocycles. The predicted octanol–water partition coefficient (Wildman–Crippen LogP) is 8.45. The third-order valence-corrected chi connectivity index (χ3v) is 4.73. The van der Waals surface area contributed by atoms with Gasteiger partial charge >= 0.3 is 0 Å². The maximum absolute atomic E-state index is 2.26. The Hall–Kier alpha value is -2.86. The molecule has 0 unspecified atom stereocenters. The summed E-state index contributed by atoms with van der Waals surface area (Å²) < 4.78 is 0. The number of hydrogen-bond acceptors (Lipinski definition) is 0. The summed E-state index contributed by atoms with van der Waals surface area (Å²) in [7, 11) is 0. The van der Waals surface area contributed by atoms with Crippen LogP contribution in [0, 0.1) is 27.7 Å². The predicted molar refractivity (Wildman–Crippen MR) is 126 cm³/mol. The van der Waals surface area contributed by atoms with Crippen molar-refractivity contribution in [1.82, 2.24) is 0 Å². The fourth-order valence-corrected chi connectivity index (χ4v) is 3.21. The van der Waals surface area contributed by atoms with E-state index in [4.69, 9.17) is 0 Å². The van der Waals surface area contributed by atoms with Crippen molar-refractivity contribution < 1.29 is 0 Å². The van der Waals surface area contributed by atoms with Crippen molar-refractivity contribution >= 4 is 10.8 Å². The van der Waals surface area contributed by atoms with E-state index < -0.39 is 0 Å². The molecule has 0 heterocycles. The first-order valence-corrected chi connectivity index (χ1v) is 10.1. The average molecular weight is 369 g/mol. The third kappa shape index (κ3) is 5.57. The van der Waals surface area contributed by atoms with Gasteiger partial charge in [0.1, 0.15) is 0 Å². The minimum Gasteiger partial charge on any atom is -0.0683 e. The van der Waals surface area contributed by atoms with E-state index in [1.54, 1.807) is 0 Å². The van der Waals surface area contributed by atoms with E-state index in [9.17, 15) is 0 Å². The van der Waals surface area contributed by atoms with Gasteiger partial charge in [0.05, 0.1) is 0 Å². The van der Waals surface area contributed by atoms with Crippen molar-refractivity contribution in [2.45, 2.75) is 41.5 Å². The van der Waals surface area contributed by atoms with Gasteiger partial charge in [-0.25, -0.2) is 0 Å². The zero-order valence-corrected chi connectivity index (χ0v) is 18.1. The molecule has 0 atom stereocenters. The van der Waals surface area contributed by atoms with Gasteiger partial charge in [0.25, 0.3) is 0 Å². The molecule has 0 aliphatic rings. The van der Waals surface area contributed by atoms with E-state index in [-0.39, 0.29) is 0 Å². The monoisotopic (exact) mass is 368 g/mol. The molecule has 0 saturated heterocycles. The smallest absolute Gasteiger partial charge is 0.0149 e. The lowest BCUT2D eigenvalue weighted by atomic mass is 9.95. The van der Waals surface area contributed by atoms with Crippen molar-refractivity contribution in [2.75, 3.05) is 0 Å². The second-order valence-electron chi connectivity index (χ2n) is 6.98. The Labute approximate surface area is 170 Å². The maximum Gasteiger partial charge on any atom is -0.0149 e. The second-order valence-corrected chi connectivity index (χ2v) is 6.98. The molecule has 144 valence electrons. The summed E-state index contributed by atoms with van der Waals surface area (Å²) in [6.07, 6.45) is 0. The summed E-state index contributed by atoms with van der Waals surface area (Å²) >= 11 is 0. The minimum atomic E-state index is 1.32. The van der Waals surface area contributed by atoms with Crippen LogP contribution in [0.2, 0.25) is 0 Å². The molecule has 0 bridgehead atoms. The van der Waals surface area contributed by atoms with Crippen LogP contribution >= 0.6 is 0 Å². The van der Waals surface area contributed by atoms with Crippen LogP contribution in [0.1, 0.15) is 36.1 Å². The molecule has 28 heavy (non-hydrogen) atoms. The van der Waals surface area contributed by atoms with E-state index in [1.165, 1.54) is 44.2 Å². The molecule has 0 radical (unpaired) electrons. The molecule has 0 heteroatoms. The summed E-state index contributed by atoms with van der Waals surface area (Å²) in [5, 5.41) is 2.64. The lowest BCUT2D eigenvalue weighted by Crippen LogP contribution is -1.87. The second kappa shape index (κ2) is 10.5. The van der Waals surface area contributed by atoms with Crippen molar-refractivity contribution in [3.63, 3.8) is 0 Å². The quantitative estimate of drug-likeness (QED) is 0.316. The van der Waals surface area contributed by atoms with Crippen LogP contribution in [-0.4, -0.2) is 0 Å². The highest BCUT2D eigenvalue weighted by Gasteiger charge is 2.04. The van der Waals surface area contributed by atoms with Gasteiger partial charge in [0.15, 0.2) is 0 Å². The number of benzene rings is 4. The highest BCUT2D eigenvalue weighted by molar-refractivity contribution is 5.82. The van der Waals surface area contributed by atoms with E-state index in [1.807, 2.05) is 13.8 Å². The molecule has 0 spiro atoms. The summed E-state index contributed by atoms with van der Waals surface area (Å²) in [5.41, 5.74) is 8.02. The molecular formula is C28H32. The van der Waals surface area contributed by atoms with Crippen LogP contribution in [-0.2, 0) is 0 Å². The van der Waals surface area contributed by atoms with Crippen molar-refractivity contribution in [2.24, 2.45) is 0 Å². The van der Waals surface area contributed by atoms with Crippen molar-refractivity contribution in [3.8, 4) is 11.1 Å². The molecule has 0 nitrogen and oxygen atoms in total. The van der Waals surface area contributed by atoms with Crippen LogP contribution < -0.4 is 0 Å². The molecule has 0 N–H and O–H groups in total. The van der Waals surface area contributed by atoms with Gasteiger partial charge in [-0.2, -0.15) is 0 Å². The van der Waals surface area contributed by atoms with Gasteiger partial charge in [-0.1, -0.05) is 110 Å². The summed E-state index contributed by atoms with van der Waals surface area (Å²) in [4.78, 5) is 0. The maximum atomic E-state index is 2.26. The largest absolute Gasteiger partial charge is 0.0683 e. The number of aryl methyl sites for hydroxylation is 4. The van der Waals surface area contributed by atoms with E-state index in [0.717, 1.165) is 0 Å². The van der Waals surface area contributed by atoms with Gasteiger partial charge in [-0.3, -0.25) is 0 Å². The highest BCUT2D eigenvalue weighted by atomic mass is 14.1.